The fourth-order valence-electron chi connectivity index (χ4n) is 1.66. The summed E-state index contributed by atoms with van der Waals surface area (Å²) in [5, 5.41) is 14.2. The molecule has 2 rings (SSSR count). The lowest BCUT2D eigenvalue weighted by Gasteiger charge is -2.06. The molecule has 0 aliphatic rings. The highest BCUT2D eigenvalue weighted by Crippen LogP contribution is 2.11. The van der Waals surface area contributed by atoms with Crippen LogP contribution in [0.1, 0.15) is 21.6 Å². The summed E-state index contributed by atoms with van der Waals surface area (Å²) in [4.78, 5) is 15.9. The molecule has 0 radical (unpaired) electrons. The number of halogens is 1. The van der Waals surface area contributed by atoms with Gasteiger partial charge in [-0.05, 0) is 29.8 Å². The lowest BCUT2D eigenvalue weighted by molar-refractivity contribution is 0.0946. The first kappa shape index (κ1) is 15.0. The van der Waals surface area contributed by atoms with E-state index in [-0.39, 0.29) is 17.4 Å². The second-order valence-electron chi connectivity index (χ2n) is 4.23. The summed E-state index contributed by atoms with van der Waals surface area (Å²) in [5.74, 6) is -0.343. The van der Waals surface area contributed by atoms with Gasteiger partial charge < -0.3 is 16.3 Å². The van der Waals surface area contributed by atoms with Gasteiger partial charge in [0.1, 0.15) is 5.69 Å². The van der Waals surface area contributed by atoms with Crippen molar-refractivity contribution in [2.45, 2.75) is 6.54 Å². The van der Waals surface area contributed by atoms with Crippen LogP contribution in [0.2, 0.25) is 0 Å². The molecule has 0 spiro atoms. The molecule has 0 saturated carbocycles. The number of amides is 1. The number of nitrogens with zero attached hydrogens (tertiary/aromatic N) is 2. The molecule has 4 N–H and O–H groups in total. The molecule has 2 aromatic rings. The van der Waals surface area contributed by atoms with Gasteiger partial charge in [0.15, 0.2) is 5.84 Å². The highest BCUT2D eigenvalue weighted by Gasteiger charge is 2.08. The van der Waals surface area contributed by atoms with E-state index in [4.69, 9.17) is 10.9 Å². The van der Waals surface area contributed by atoms with Crippen LogP contribution < -0.4 is 11.1 Å². The zero-order valence-electron chi connectivity index (χ0n) is 11.0. The molecule has 6 nitrogen and oxygen atoms in total. The molecule has 0 bridgehead atoms. The summed E-state index contributed by atoms with van der Waals surface area (Å²) in [6.07, 6.45) is 1.38. The van der Waals surface area contributed by atoms with E-state index in [1.54, 1.807) is 6.07 Å². The number of amidine groups is 1. The van der Waals surface area contributed by atoms with Crippen LogP contribution in [0.5, 0.6) is 0 Å². The number of hydrogen-bond acceptors (Lipinski definition) is 4. The smallest absolute Gasteiger partial charge is 0.270 e. The Balaban J connectivity index is 2.00. The van der Waals surface area contributed by atoms with Crippen molar-refractivity contribution in [3.63, 3.8) is 0 Å². The fraction of sp³-hybridized carbons (Fsp3) is 0.0714. The van der Waals surface area contributed by atoms with Crippen LogP contribution in [0.15, 0.2) is 52.2 Å². The van der Waals surface area contributed by atoms with Crippen molar-refractivity contribution in [3.05, 3.63) is 63.9 Å². The molecule has 1 heterocycles. The Morgan fingerprint density at radius 1 is 1.38 bits per heavy atom. The molecule has 0 unspecified atom stereocenters. The predicted molar refractivity (Wildman–Crippen MR) is 82.1 cm³/mol. The quantitative estimate of drug-likeness (QED) is 0.339. The molecule has 1 aromatic carbocycles. The standard InChI is InChI=1S/C14H13BrN4O2/c15-11-3-1-2-9(6-11)7-18-14(20)12-5-4-10(8-17-12)13(16)19-21/h1-6,8,21H,7H2,(H2,16,19)(H,18,20). The van der Waals surface area contributed by atoms with Gasteiger partial charge in [0, 0.05) is 22.8 Å². The third-order valence-electron chi connectivity index (χ3n) is 2.74. The summed E-state index contributed by atoms with van der Waals surface area (Å²) >= 11 is 3.37. The number of pyridine rings is 1. The zero-order chi connectivity index (χ0) is 15.2. The van der Waals surface area contributed by atoms with E-state index in [9.17, 15) is 4.79 Å². The minimum Gasteiger partial charge on any atom is -0.409 e. The zero-order valence-corrected chi connectivity index (χ0v) is 12.5. The number of aromatic nitrogens is 1. The summed E-state index contributed by atoms with van der Waals surface area (Å²) < 4.78 is 0.954. The van der Waals surface area contributed by atoms with Crippen LogP contribution in [-0.4, -0.2) is 21.9 Å². The molecule has 21 heavy (non-hydrogen) atoms. The van der Waals surface area contributed by atoms with E-state index >= 15 is 0 Å². The highest BCUT2D eigenvalue weighted by atomic mass is 79.9. The SMILES string of the molecule is NC(=NO)c1ccc(C(=O)NCc2cccc(Br)c2)nc1. The average molecular weight is 349 g/mol. The van der Waals surface area contributed by atoms with Crippen molar-refractivity contribution in [2.24, 2.45) is 10.9 Å². The van der Waals surface area contributed by atoms with Crippen molar-refractivity contribution in [1.82, 2.24) is 10.3 Å². The molecular weight excluding hydrogens is 336 g/mol. The summed E-state index contributed by atoms with van der Waals surface area (Å²) in [7, 11) is 0. The molecule has 7 heteroatoms. The number of nitrogens with two attached hydrogens (primary N) is 1. The Kier molecular flexibility index (Phi) is 4.89. The molecule has 0 fully saturated rings. The normalized spacial score (nSPS) is 11.2. The van der Waals surface area contributed by atoms with Crippen molar-refractivity contribution in [1.29, 1.82) is 0 Å². The van der Waals surface area contributed by atoms with Crippen LogP contribution >= 0.6 is 15.9 Å². The Labute approximate surface area is 129 Å². The van der Waals surface area contributed by atoms with Gasteiger partial charge in [0.25, 0.3) is 5.91 Å². The summed E-state index contributed by atoms with van der Waals surface area (Å²) in [6, 6.07) is 10.7. The minimum atomic E-state index is -0.291. The van der Waals surface area contributed by atoms with E-state index < -0.39 is 0 Å². The minimum absolute atomic E-state index is 0.0522. The summed E-state index contributed by atoms with van der Waals surface area (Å²) in [5.41, 5.74) is 7.11. The number of nitrogens with one attached hydrogen (secondary N) is 1. The third-order valence-corrected chi connectivity index (χ3v) is 3.23. The van der Waals surface area contributed by atoms with Gasteiger partial charge in [-0.1, -0.05) is 33.2 Å². The Morgan fingerprint density at radius 3 is 2.81 bits per heavy atom. The molecule has 0 aliphatic carbocycles. The maximum Gasteiger partial charge on any atom is 0.270 e. The Hall–Kier alpha value is -2.41. The molecule has 0 saturated heterocycles. The maximum atomic E-state index is 12.0. The Morgan fingerprint density at radius 2 is 2.19 bits per heavy atom. The highest BCUT2D eigenvalue weighted by molar-refractivity contribution is 9.10. The van der Waals surface area contributed by atoms with E-state index in [1.807, 2.05) is 24.3 Å². The van der Waals surface area contributed by atoms with Gasteiger partial charge in [0.2, 0.25) is 0 Å². The number of carbonyl (C=O) groups excluding carboxylic acids is 1. The van der Waals surface area contributed by atoms with Crippen LogP contribution in [0, 0.1) is 0 Å². The van der Waals surface area contributed by atoms with Crippen molar-refractivity contribution >= 4 is 27.7 Å². The van der Waals surface area contributed by atoms with Gasteiger partial charge in [-0.2, -0.15) is 0 Å². The van der Waals surface area contributed by atoms with Gasteiger partial charge in [-0.25, -0.2) is 0 Å². The largest absolute Gasteiger partial charge is 0.409 e. The topological polar surface area (TPSA) is 101 Å². The number of oxime groups is 1. The predicted octanol–water partition coefficient (Wildman–Crippen LogP) is 1.87. The van der Waals surface area contributed by atoms with Crippen LogP contribution in [-0.2, 0) is 6.54 Å². The van der Waals surface area contributed by atoms with Gasteiger partial charge in [0.05, 0.1) is 0 Å². The number of benzene rings is 1. The van der Waals surface area contributed by atoms with Crippen molar-refractivity contribution < 1.29 is 10.0 Å². The molecule has 108 valence electrons. The summed E-state index contributed by atoms with van der Waals surface area (Å²) in [6.45, 7) is 0.405. The number of hydrogen-bond donors (Lipinski definition) is 3. The number of rotatable bonds is 4. The monoisotopic (exact) mass is 348 g/mol. The van der Waals surface area contributed by atoms with Gasteiger partial charge >= 0.3 is 0 Å². The lowest BCUT2D eigenvalue weighted by atomic mass is 10.2. The van der Waals surface area contributed by atoms with Crippen molar-refractivity contribution in [2.75, 3.05) is 0 Å². The van der Waals surface area contributed by atoms with Crippen LogP contribution in [0.3, 0.4) is 0 Å². The second kappa shape index (κ2) is 6.85. The maximum absolute atomic E-state index is 12.0. The van der Waals surface area contributed by atoms with E-state index in [0.29, 0.717) is 12.1 Å². The first-order valence-electron chi connectivity index (χ1n) is 6.07. The van der Waals surface area contributed by atoms with E-state index in [1.165, 1.54) is 12.3 Å². The van der Waals surface area contributed by atoms with Crippen molar-refractivity contribution in [3.8, 4) is 0 Å². The fourth-order valence-corrected chi connectivity index (χ4v) is 2.10. The first-order chi connectivity index (χ1) is 10.1. The Bertz CT molecular complexity index is 671. The van der Waals surface area contributed by atoms with E-state index in [2.05, 4.69) is 31.4 Å². The average Bonchev–Trinajstić information content (AvgIpc) is 2.52. The second-order valence-corrected chi connectivity index (χ2v) is 5.15. The molecular formula is C14H13BrN4O2. The lowest BCUT2D eigenvalue weighted by Crippen LogP contribution is -2.24. The third kappa shape index (κ3) is 4.03. The van der Waals surface area contributed by atoms with Gasteiger partial charge in [-0.3, -0.25) is 9.78 Å². The van der Waals surface area contributed by atoms with E-state index in [0.717, 1.165) is 10.0 Å². The molecule has 1 aromatic heterocycles. The first-order valence-corrected chi connectivity index (χ1v) is 6.86. The molecule has 0 aliphatic heterocycles. The van der Waals surface area contributed by atoms with Crippen LogP contribution in [0.4, 0.5) is 0 Å². The molecule has 1 amide bonds. The number of carbonyl (C=O) groups is 1. The van der Waals surface area contributed by atoms with Gasteiger partial charge in [-0.15, -0.1) is 0 Å². The molecule has 0 atom stereocenters. The van der Waals surface area contributed by atoms with Crippen LogP contribution in [0.25, 0.3) is 0 Å².